The van der Waals surface area contributed by atoms with E-state index in [4.69, 9.17) is 9.47 Å². The van der Waals surface area contributed by atoms with Crippen molar-refractivity contribution in [3.8, 4) is 17.2 Å². The summed E-state index contributed by atoms with van der Waals surface area (Å²) in [5, 5.41) is 23.9. The Balaban J connectivity index is 1.62. The summed E-state index contributed by atoms with van der Waals surface area (Å²) in [7, 11) is 0. The van der Waals surface area contributed by atoms with E-state index in [1.54, 1.807) is 24.3 Å². The summed E-state index contributed by atoms with van der Waals surface area (Å²) in [5.41, 5.74) is 2.18. The Hall–Kier alpha value is -3.62. The number of aromatic hydroxyl groups is 1. The minimum atomic E-state index is -0.860. The van der Waals surface area contributed by atoms with E-state index in [2.05, 4.69) is 10.5 Å². The summed E-state index contributed by atoms with van der Waals surface area (Å²) in [6.07, 6.45) is 0.364. The third-order valence-electron chi connectivity index (χ3n) is 3.39. The maximum absolute atomic E-state index is 12.0. The average Bonchev–Trinajstić information content (AvgIpc) is 2.62. The van der Waals surface area contributed by atoms with Crippen LogP contribution in [-0.2, 0) is 4.79 Å². The van der Waals surface area contributed by atoms with Gasteiger partial charge in [0, 0.05) is 11.6 Å². The predicted octanol–water partition coefficient (Wildman–Crippen LogP) is 1.59. The highest BCUT2D eigenvalue weighted by molar-refractivity contribution is 5.85. The van der Waals surface area contributed by atoms with Crippen molar-refractivity contribution in [2.75, 3.05) is 6.61 Å². The highest BCUT2D eigenvalue weighted by Gasteiger charge is 2.27. The molecule has 2 aromatic carbocycles. The number of phenolic OH excluding ortho intramolecular Hbond substituents is 1. The lowest BCUT2D eigenvalue weighted by atomic mass is 10.2. The monoisotopic (exact) mass is 343 g/mol. The Morgan fingerprint density at radius 2 is 2.08 bits per heavy atom. The first-order chi connectivity index (χ1) is 12.0. The molecule has 0 fully saturated rings. The smallest absolute Gasteiger partial charge is 0.311 e. The number of nitrogens with one attached hydrogen (secondary N) is 1. The normalized spacial score (nSPS) is 15.8. The zero-order valence-electron chi connectivity index (χ0n) is 12.8. The molecule has 9 heteroatoms. The third-order valence-corrected chi connectivity index (χ3v) is 3.39. The number of rotatable bonds is 4. The van der Waals surface area contributed by atoms with Crippen LogP contribution in [0.5, 0.6) is 17.2 Å². The number of ether oxygens (including phenoxy) is 2. The number of carbonyl (C=O) groups is 1. The molecule has 2 N–H and O–H groups in total. The number of amides is 1. The van der Waals surface area contributed by atoms with Gasteiger partial charge in [-0.15, -0.1) is 0 Å². The lowest BCUT2D eigenvalue weighted by molar-refractivity contribution is -0.385. The predicted molar refractivity (Wildman–Crippen MR) is 86.9 cm³/mol. The van der Waals surface area contributed by atoms with Crippen molar-refractivity contribution in [2.24, 2.45) is 5.10 Å². The summed E-state index contributed by atoms with van der Waals surface area (Å²) >= 11 is 0. The minimum absolute atomic E-state index is 0.0447. The molecule has 0 bridgehead atoms. The number of para-hydroxylation sites is 2. The van der Waals surface area contributed by atoms with E-state index in [9.17, 15) is 20.0 Å². The second-order valence-electron chi connectivity index (χ2n) is 5.10. The van der Waals surface area contributed by atoms with Gasteiger partial charge in [-0.05, 0) is 24.3 Å². The quantitative estimate of drug-likeness (QED) is 0.494. The van der Waals surface area contributed by atoms with E-state index in [0.29, 0.717) is 17.1 Å². The summed E-state index contributed by atoms with van der Waals surface area (Å²) in [6.45, 7) is 0.0447. The molecule has 0 saturated carbocycles. The Morgan fingerprint density at radius 1 is 1.32 bits per heavy atom. The van der Waals surface area contributed by atoms with E-state index in [-0.39, 0.29) is 6.61 Å². The Labute approximate surface area is 141 Å². The van der Waals surface area contributed by atoms with Crippen LogP contribution in [0.4, 0.5) is 5.69 Å². The van der Waals surface area contributed by atoms with Crippen LogP contribution >= 0.6 is 0 Å². The lowest BCUT2D eigenvalue weighted by Gasteiger charge is -2.24. The Bertz CT molecular complexity index is 852. The van der Waals surface area contributed by atoms with Crippen LogP contribution in [0.3, 0.4) is 0 Å². The number of phenols is 1. The van der Waals surface area contributed by atoms with Crippen LogP contribution < -0.4 is 14.9 Å². The molecule has 0 spiro atoms. The first-order valence-corrected chi connectivity index (χ1v) is 7.23. The number of fused-ring (bicyclic) bond motifs is 1. The molecular formula is C16H13N3O6. The largest absolute Gasteiger partial charge is 0.502 e. The Morgan fingerprint density at radius 3 is 2.84 bits per heavy atom. The van der Waals surface area contributed by atoms with E-state index >= 15 is 0 Å². The molecule has 1 aliphatic rings. The number of nitro groups is 1. The van der Waals surface area contributed by atoms with Crippen molar-refractivity contribution in [1.82, 2.24) is 5.43 Å². The summed E-state index contributed by atoms with van der Waals surface area (Å²) in [6, 6.07) is 10.7. The fourth-order valence-corrected chi connectivity index (χ4v) is 2.16. The van der Waals surface area contributed by atoms with Gasteiger partial charge in [-0.2, -0.15) is 5.10 Å². The maximum Gasteiger partial charge on any atom is 0.311 e. The van der Waals surface area contributed by atoms with Crippen LogP contribution in [0.1, 0.15) is 5.56 Å². The second kappa shape index (κ2) is 6.87. The van der Waals surface area contributed by atoms with Gasteiger partial charge in [-0.25, -0.2) is 5.43 Å². The van der Waals surface area contributed by atoms with Gasteiger partial charge >= 0.3 is 5.69 Å². The second-order valence-corrected chi connectivity index (χ2v) is 5.10. The van der Waals surface area contributed by atoms with Crippen molar-refractivity contribution in [1.29, 1.82) is 0 Å². The summed E-state index contributed by atoms with van der Waals surface area (Å²) < 4.78 is 11.0. The van der Waals surface area contributed by atoms with Crippen molar-refractivity contribution >= 4 is 17.8 Å². The van der Waals surface area contributed by atoms with Crippen LogP contribution in [0, 0.1) is 10.1 Å². The molecule has 1 atom stereocenters. The van der Waals surface area contributed by atoms with Crippen molar-refractivity contribution in [3.63, 3.8) is 0 Å². The number of nitrogens with zero attached hydrogens (tertiary/aromatic N) is 2. The molecule has 1 aliphatic heterocycles. The fourth-order valence-electron chi connectivity index (χ4n) is 2.16. The molecule has 1 heterocycles. The topological polar surface area (TPSA) is 123 Å². The SMILES string of the molecule is O=C(NN=Cc1ccc(O)c([N+](=O)[O-])c1)[C@H]1COc2ccccc2O1. The molecule has 3 rings (SSSR count). The number of nitro benzene ring substituents is 1. The van der Waals surface area contributed by atoms with Gasteiger partial charge in [0.15, 0.2) is 17.2 Å². The zero-order valence-corrected chi connectivity index (χ0v) is 12.8. The van der Waals surface area contributed by atoms with Gasteiger partial charge in [0.05, 0.1) is 11.1 Å². The van der Waals surface area contributed by atoms with Crippen LogP contribution in [-0.4, -0.2) is 34.9 Å². The minimum Gasteiger partial charge on any atom is -0.502 e. The van der Waals surface area contributed by atoms with Crippen molar-refractivity contribution in [3.05, 3.63) is 58.1 Å². The first-order valence-electron chi connectivity index (χ1n) is 7.23. The van der Waals surface area contributed by atoms with E-state index in [1.165, 1.54) is 18.3 Å². The molecule has 0 saturated heterocycles. The van der Waals surface area contributed by atoms with Gasteiger partial charge in [-0.3, -0.25) is 14.9 Å². The van der Waals surface area contributed by atoms with Crippen LogP contribution in [0.15, 0.2) is 47.6 Å². The molecule has 0 aliphatic carbocycles. The van der Waals surface area contributed by atoms with E-state index in [1.807, 2.05) is 0 Å². The first kappa shape index (κ1) is 16.2. The summed E-state index contributed by atoms with van der Waals surface area (Å²) in [5.74, 6) is 0.0649. The molecular weight excluding hydrogens is 330 g/mol. The van der Waals surface area contributed by atoms with Crippen LogP contribution in [0.25, 0.3) is 0 Å². The third kappa shape index (κ3) is 3.66. The Kier molecular flexibility index (Phi) is 4.46. The number of hydrogen-bond acceptors (Lipinski definition) is 7. The highest BCUT2D eigenvalue weighted by Crippen LogP contribution is 2.30. The van der Waals surface area contributed by atoms with Gasteiger partial charge in [0.25, 0.3) is 5.91 Å². The van der Waals surface area contributed by atoms with Gasteiger partial charge in [0.1, 0.15) is 6.61 Å². The maximum atomic E-state index is 12.0. The molecule has 128 valence electrons. The average molecular weight is 343 g/mol. The van der Waals surface area contributed by atoms with Gasteiger partial charge in [-0.1, -0.05) is 12.1 Å². The molecule has 1 amide bonds. The van der Waals surface area contributed by atoms with Crippen molar-refractivity contribution < 1.29 is 24.3 Å². The number of hydrazone groups is 1. The van der Waals surface area contributed by atoms with Gasteiger partial charge < -0.3 is 14.6 Å². The number of hydrogen-bond donors (Lipinski definition) is 2. The standard InChI is InChI=1S/C16H13N3O6/c20-12-6-5-10(7-11(12)19(22)23)8-17-18-16(21)15-9-24-13-3-1-2-4-14(13)25-15/h1-8,15,20H,9H2,(H,18,21)/t15-/m1/s1. The number of benzene rings is 2. The van der Waals surface area contributed by atoms with Gasteiger partial charge in [0.2, 0.25) is 6.10 Å². The molecule has 0 radical (unpaired) electrons. The lowest BCUT2D eigenvalue weighted by Crippen LogP contribution is -2.42. The van der Waals surface area contributed by atoms with E-state index in [0.717, 1.165) is 6.07 Å². The molecule has 25 heavy (non-hydrogen) atoms. The fraction of sp³-hybridized carbons (Fsp3) is 0.125. The molecule has 9 nitrogen and oxygen atoms in total. The zero-order chi connectivity index (χ0) is 17.8. The number of carbonyl (C=O) groups excluding carboxylic acids is 1. The highest BCUT2D eigenvalue weighted by atomic mass is 16.6. The van der Waals surface area contributed by atoms with Crippen molar-refractivity contribution in [2.45, 2.75) is 6.10 Å². The van der Waals surface area contributed by atoms with E-state index < -0.39 is 28.4 Å². The molecule has 0 aromatic heterocycles. The summed E-state index contributed by atoms with van der Waals surface area (Å²) in [4.78, 5) is 22.1. The molecule has 2 aromatic rings. The van der Waals surface area contributed by atoms with Crippen LogP contribution in [0.2, 0.25) is 0 Å². The molecule has 0 unspecified atom stereocenters.